The van der Waals surface area contributed by atoms with E-state index in [-0.39, 0.29) is 0 Å². The van der Waals surface area contributed by atoms with Crippen LogP contribution in [0, 0.1) is 6.92 Å². The van der Waals surface area contributed by atoms with Gasteiger partial charge in [-0.15, -0.1) is 0 Å². The zero-order valence-electron chi connectivity index (χ0n) is 9.83. The van der Waals surface area contributed by atoms with Crippen molar-refractivity contribution in [1.29, 1.82) is 0 Å². The van der Waals surface area contributed by atoms with E-state index in [2.05, 4.69) is 30.4 Å². The standard InChI is InChI=1S/C13H20N2O/c1-10-4-2-5-11-12(15-8-7-14)6-3-9-16-13(10)11/h2,4-5,12,15H,3,6-9,14H2,1H3. The largest absolute Gasteiger partial charge is 0.493 e. The van der Waals surface area contributed by atoms with Crippen molar-refractivity contribution in [3.8, 4) is 5.75 Å². The number of hydrogen-bond donors (Lipinski definition) is 2. The van der Waals surface area contributed by atoms with E-state index in [9.17, 15) is 0 Å². The highest BCUT2D eigenvalue weighted by Gasteiger charge is 2.19. The molecule has 0 aromatic heterocycles. The molecule has 0 bridgehead atoms. The lowest BCUT2D eigenvalue weighted by atomic mass is 10.00. The molecule has 16 heavy (non-hydrogen) atoms. The zero-order valence-corrected chi connectivity index (χ0v) is 9.83. The monoisotopic (exact) mass is 220 g/mol. The van der Waals surface area contributed by atoms with Crippen molar-refractivity contribution < 1.29 is 4.74 Å². The maximum atomic E-state index is 5.82. The summed E-state index contributed by atoms with van der Waals surface area (Å²) in [5.74, 6) is 1.06. The van der Waals surface area contributed by atoms with Gasteiger partial charge >= 0.3 is 0 Å². The van der Waals surface area contributed by atoms with Crippen molar-refractivity contribution in [2.24, 2.45) is 5.73 Å². The number of benzene rings is 1. The molecule has 88 valence electrons. The van der Waals surface area contributed by atoms with Crippen molar-refractivity contribution in [2.75, 3.05) is 19.7 Å². The highest BCUT2D eigenvalue weighted by atomic mass is 16.5. The smallest absolute Gasteiger partial charge is 0.126 e. The fourth-order valence-corrected chi connectivity index (χ4v) is 2.23. The molecule has 0 amide bonds. The molecule has 0 saturated carbocycles. The lowest BCUT2D eigenvalue weighted by Crippen LogP contribution is -2.27. The lowest BCUT2D eigenvalue weighted by molar-refractivity contribution is 0.313. The number of nitrogens with one attached hydrogen (secondary N) is 1. The van der Waals surface area contributed by atoms with E-state index in [4.69, 9.17) is 10.5 Å². The molecule has 0 aliphatic carbocycles. The minimum atomic E-state index is 0.390. The normalized spacial score (nSPS) is 19.8. The summed E-state index contributed by atoms with van der Waals surface area (Å²) in [5.41, 5.74) is 8.05. The van der Waals surface area contributed by atoms with Crippen molar-refractivity contribution in [3.63, 3.8) is 0 Å². The highest BCUT2D eigenvalue weighted by molar-refractivity contribution is 5.43. The molecular weight excluding hydrogens is 200 g/mol. The van der Waals surface area contributed by atoms with Crippen molar-refractivity contribution in [1.82, 2.24) is 5.32 Å². The number of para-hydroxylation sites is 1. The van der Waals surface area contributed by atoms with Gasteiger partial charge in [0.1, 0.15) is 5.75 Å². The van der Waals surface area contributed by atoms with Crippen LogP contribution in [0.3, 0.4) is 0 Å². The number of hydrogen-bond acceptors (Lipinski definition) is 3. The summed E-state index contributed by atoms with van der Waals surface area (Å²) < 4.78 is 5.82. The van der Waals surface area contributed by atoms with Crippen LogP contribution in [0.5, 0.6) is 5.75 Å². The van der Waals surface area contributed by atoms with Gasteiger partial charge < -0.3 is 15.8 Å². The second kappa shape index (κ2) is 5.32. The molecule has 3 nitrogen and oxygen atoms in total. The van der Waals surface area contributed by atoms with Gasteiger partial charge in [-0.3, -0.25) is 0 Å². The van der Waals surface area contributed by atoms with E-state index < -0.39 is 0 Å². The Labute approximate surface area is 97.0 Å². The van der Waals surface area contributed by atoms with Gasteiger partial charge in [-0.2, -0.15) is 0 Å². The summed E-state index contributed by atoms with van der Waals surface area (Å²) in [6.45, 7) is 4.46. The third kappa shape index (κ3) is 2.36. The van der Waals surface area contributed by atoms with Gasteiger partial charge in [0.25, 0.3) is 0 Å². The summed E-state index contributed by atoms with van der Waals surface area (Å²) in [7, 11) is 0. The summed E-state index contributed by atoms with van der Waals surface area (Å²) in [4.78, 5) is 0. The molecule has 3 N–H and O–H groups in total. The summed E-state index contributed by atoms with van der Waals surface area (Å²) in [6.07, 6.45) is 2.22. The van der Waals surface area contributed by atoms with Crippen LogP contribution in [-0.2, 0) is 0 Å². The summed E-state index contributed by atoms with van der Waals surface area (Å²) in [6, 6.07) is 6.74. The zero-order chi connectivity index (χ0) is 11.4. The van der Waals surface area contributed by atoms with E-state index in [0.29, 0.717) is 12.6 Å². The fraction of sp³-hybridized carbons (Fsp3) is 0.538. The van der Waals surface area contributed by atoms with E-state index >= 15 is 0 Å². The van der Waals surface area contributed by atoms with Crippen LogP contribution in [0.2, 0.25) is 0 Å². The first-order valence-corrected chi connectivity index (χ1v) is 5.98. The highest BCUT2D eigenvalue weighted by Crippen LogP contribution is 2.33. The Bertz CT molecular complexity index is 352. The maximum Gasteiger partial charge on any atom is 0.126 e. The molecule has 2 rings (SSSR count). The fourth-order valence-electron chi connectivity index (χ4n) is 2.23. The Morgan fingerprint density at radius 2 is 2.38 bits per heavy atom. The van der Waals surface area contributed by atoms with Crippen LogP contribution in [0.1, 0.15) is 30.0 Å². The number of rotatable bonds is 3. The Kier molecular flexibility index (Phi) is 3.80. The quantitative estimate of drug-likeness (QED) is 0.816. The second-order valence-electron chi connectivity index (χ2n) is 4.28. The van der Waals surface area contributed by atoms with E-state index in [1.807, 2.05) is 0 Å². The Morgan fingerprint density at radius 1 is 1.50 bits per heavy atom. The van der Waals surface area contributed by atoms with Gasteiger partial charge in [-0.25, -0.2) is 0 Å². The predicted octanol–water partition coefficient (Wildman–Crippen LogP) is 1.76. The first-order chi connectivity index (χ1) is 7.83. The third-order valence-electron chi connectivity index (χ3n) is 3.04. The second-order valence-corrected chi connectivity index (χ2v) is 4.28. The molecule has 0 saturated heterocycles. The van der Waals surface area contributed by atoms with Crippen LogP contribution >= 0.6 is 0 Å². The van der Waals surface area contributed by atoms with Crippen LogP contribution in [0.15, 0.2) is 18.2 Å². The van der Waals surface area contributed by atoms with Gasteiger partial charge in [0.05, 0.1) is 6.61 Å². The molecule has 0 spiro atoms. The first-order valence-electron chi connectivity index (χ1n) is 5.98. The molecule has 0 fully saturated rings. The van der Waals surface area contributed by atoms with Crippen LogP contribution < -0.4 is 15.8 Å². The topological polar surface area (TPSA) is 47.3 Å². The molecule has 1 unspecified atom stereocenters. The lowest BCUT2D eigenvalue weighted by Gasteiger charge is -2.18. The molecule has 3 heteroatoms. The Morgan fingerprint density at radius 3 is 3.19 bits per heavy atom. The van der Waals surface area contributed by atoms with Gasteiger partial charge in [0.15, 0.2) is 0 Å². The van der Waals surface area contributed by atoms with E-state index in [0.717, 1.165) is 31.7 Å². The molecule has 1 aromatic carbocycles. The van der Waals surface area contributed by atoms with Crippen LogP contribution in [0.25, 0.3) is 0 Å². The molecule has 0 radical (unpaired) electrons. The number of fused-ring (bicyclic) bond motifs is 1. The molecule has 1 aliphatic rings. The van der Waals surface area contributed by atoms with Gasteiger partial charge in [0.2, 0.25) is 0 Å². The molecule has 1 atom stereocenters. The maximum absolute atomic E-state index is 5.82. The molecule has 1 aliphatic heterocycles. The van der Waals surface area contributed by atoms with E-state index in [1.54, 1.807) is 0 Å². The van der Waals surface area contributed by atoms with Crippen LogP contribution in [0.4, 0.5) is 0 Å². The van der Waals surface area contributed by atoms with Gasteiger partial charge in [-0.05, 0) is 25.3 Å². The van der Waals surface area contributed by atoms with Crippen LogP contribution in [-0.4, -0.2) is 19.7 Å². The average Bonchev–Trinajstić information content (AvgIpc) is 2.50. The van der Waals surface area contributed by atoms with Gasteiger partial charge in [0, 0.05) is 24.7 Å². The number of nitrogens with two attached hydrogens (primary N) is 1. The molecule has 1 aromatic rings. The molecular formula is C13H20N2O. The number of ether oxygens (including phenoxy) is 1. The predicted molar refractivity (Wildman–Crippen MR) is 65.7 cm³/mol. The Hall–Kier alpha value is -1.06. The van der Waals surface area contributed by atoms with Gasteiger partial charge in [-0.1, -0.05) is 18.2 Å². The minimum absolute atomic E-state index is 0.390. The van der Waals surface area contributed by atoms with Crippen molar-refractivity contribution in [3.05, 3.63) is 29.3 Å². The Balaban J connectivity index is 2.26. The summed E-state index contributed by atoms with van der Waals surface area (Å²) in [5, 5.41) is 3.49. The van der Waals surface area contributed by atoms with Crippen molar-refractivity contribution in [2.45, 2.75) is 25.8 Å². The first kappa shape index (κ1) is 11.4. The third-order valence-corrected chi connectivity index (χ3v) is 3.04. The summed E-state index contributed by atoms with van der Waals surface area (Å²) >= 11 is 0. The number of aryl methyl sites for hydroxylation is 1. The SMILES string of the molecule is Cc1cccc2c1OCCCC2NCCN. The minimum Gasteiger partial charge on any atom is -0.493 e. The molecule has 1 heterocycles. The van der Waals surface area contributed by atoms with E-state index in [1.165, 1.54) is 11.1 Å². The average molecular weight is 220 g/mol. The van der Waals surface area contributed by atoms with Crippen molar-refractivity contribution >= 4 is 0 Å².